The molecule has 28 heavy (non-hydrogen) atoms. The monoisotopic (exact) mass is 398 g/mol. The van der Waals surface area contributed by atoms with E-state index in [9.17, 15) is 4.79 Å². The second kappa shape index (κ2) is 8.71. The van der Waals surface area contributed by atoms with Crippen molar-refractivity contribution in [1.82, 2.24) is 10.4 Å². The lowest BCUT2D eigenvalue weighted by Crippen LogP contribution is -2.19. The first-order valence-corrected chi connectivity index (χ1v) is 9.58. The van der Waals surface area contributed by atoms with E-state index in [2.05, 4.69) is 15.5 Å². The van der Waals surface area contributed by atoms with Gasteiger partial charge in [-0.15, -0.1) is 0 Å². The summed E-state index contributed by atoms with van der Waals surface area (Å²) in [6, 6.07) is 11.1. The van der Waals surface area contributed by atoms with Gasteiger partial charge in [-0.05, 0) is 55.3 Å². The van der Waals surface area contributed by atoms with Crippen LogP contribution in [0.25, 0.3) is 10.2 Å². The minimum absolute atomic E-state index is 0.0494. The molecule has 0 atom stereocenters. The summed E-state index contributed by atoms with van der Waals surface area (Å²) >= 11 is 1.40. The van der Waals surface area contributed by atoms with E-state index in [1.54, 1.807) is 19.4 Å². The number of nitrogens with zero attached hydrogens (tertiary/aromatic N) is 2. The van der Waals surface area contributed by atoms with Crippen molar-refractivity contribution in [3.63, 3.8) is 0 Å². The van der Waals surface area contributed by atoms with E-state index in [0.717, 1.165) is 21.3 Å². The summed E-state index contributed by atoms with van der Waals surface area (Å²) in [6.45, 7) is 3.90. The molecule has 0 saturated heterocycles. The summed E-state index contributed by atoms with van der Waals surface area (Å²) < 4.78 is 12.0. The van der Waals surface area contributed by atoms with Crippen LogP contribution in [0.15, 0.2) is 41.5 Å². The first-order chi connectivity index (χ1) is 13.4. The molecule has 2 aromatic carbocycles. The third-order valence-electron chi connectivity index (χ3n) is 3.79. The van der Waals surface area contributed by atoms with Gasteiger partial charge in [0, 0.05) is 0 Å². The highest BCUT2D eigenvalue weighted by Gasteiger charge is 2.08. The topological polar surface area (TPSA) is 98.8 Å². The molecule has 0 unspecified atom stereocenters. The molecule has 7 nitrogen and oxygen atoms in total. The number of nitrogen functional groups attached to an aromatic ring is 1. The van der Waals surface area contributed by atoms with E-state index in [0.29, 0.717) is 16.6 Å². The molecule has 0 saturated carbocycles. The Labute approximate surface area is 167 Å². The average molecular weight is 398 g/mol. The number of fused-ring (bicyclic) bond motifs is 1. The fourth-order valence-corrected chi connectivity index (χ4v) is 3.41. The first kappa shape index (κ1) is 19.6. The van der Waals surface area contributed by atoms with E-state index in [1.807, 2.05) is 44.2 Å². The maximum Gasteiger partial charge on any atom is 0.244 e. The Balaban J connectivity index is 1.60. The molecule has 1 aromatic heterocycles. The van der Waals surface area contributed by atoms with Gasteiger partial charge in [0.05, 0.1) is 36.1 Å². The van der Waals surface area contributed by atoms with E-state index >= 15 is 0 Å². The van der Waals surface area contributed by atoms with Gasteiger partial charge in [0.25, 0.3) is 0 Å². The minimum atomic E-state index is -0.209. The van der Waals surface area contributed by atoms with E-state index in [1.165, 1.54) is 11.3 Å². The van der Waals surface area contributed by atoms with Gasteiger partial charge < -0.3 is 15.2 Å². The predicted molar refractivity (Wildman–Crippen MR) is 112 cm³/mol. The number of nitrogens with one attached hydrogen (secondary N) is 1. The number of hydrogen-bond donors (Lipinski definition) is 2. The number of aromatic nitrogens is 1. The fraction of sp³-hybridized carbons (Fsp3) is 0.250. The van der Waals surface area contributed by atoms with Gasteiger partial charge in [-0.2, -0.15) is 5.10 Å². The van der Waals surface area contributed by atoms with Crippen LogP contribution in [0.4, 0.5) is 5.13 Å². The second-order valence-electron chi connectivity index (χ2n) is 6.40. The maximum absolute atomic E-state index is 12.1. The van der Waals surface area contributed by atoms with Gasteiger partial charge >= 0.3 is 0 Å². The number of carbonyl (C=O) groups excluding carboxylic acids is 1. The molecule has 0 aliphatic heterocycles. The fourth-order valence-electron chi connectivity index (χ4n) is 2.62. The number of methoxy groups -OCH3 is 1. The predicted octanol–water partition coefficient (Wildman–Crippen LogP) is 3.37. The average Bonchev–Trinajstić information content (AvgIpc) is 3.01. The molecule has 0 fully saturated rings. The zero-order chi connectivity index (χ0) is 20.1. The number of hydrazone groups is 1. The van der Waals surface area contributed by atoms with Crippen LogP contribution in [0.3, 0.4) is 0 Å². The van der Waals surface area contributed by atoms with E-state index in [4.69, 9.17) is 15.2 Å². The minimum Gasteiger partial charge on any atom is -0.493 e. The van der Waals surface area contributed by atoms with Crippen molar-refractivity contribution in [2.75, 3.05) is 12.8 Å². The van der Waals surface area contributed by atoms with Gasteiger partial charge in [-0.1, -0.05) is 17.4 Å². The molecule has 0 radical (unpaired) electrons. The smallest absolute Gasteiger partial charge is 0.244 e. The van der Waals surface area contributed by atoms with Crippen molar-refractivity contribution in [3.05, 3.63) is 47.5 Å². The van der Waals surface area contributed by atoms with E-state index in [-0.39, 0.29) is 18.4 Å². The van der Waals surface area contributed by atoms with Gasteiger partial charge in [-0.3, -0.25) is 4.79 Å². The molecule has 0 bridgehead atoms. The highest BCUT2D eigenvalue weighted by Crippen LogP contribution is 2.28. The molecule has 3 rings (SSSR count). The van der Waals surface area contributed by atoms with Gasteiger partial charge in [-0.25, -0.2) is 10.4 Å². The third kappa shape index (κ3) is 4.98. The number of carbonyl (C=O) groups is 1. The Morgan fingerprint density at radius 2 is 2.11 bits per heavy atom. The highest BCUT2D eigenvalue weighted by atomic mass is 32.1. The van der Waals surface area contributed by atoms with Crippen molar-refractivity contribution < 1.29 is 14.3 Å². The largest absolute Gasteiger partial charge is 0.493 e. The lowest BCUT2D eigenvalue weighted by Gasteiger charge is -2.13. The molecule has 0 aliphatic rings. The van der Waals surface area contributed by atoms with Crippen LogP contribution >= 0.6 is 11.3 Å². The molecule has 3 aromatic rings. The first-order valence-electron chi connectivity index (χ1n) is 8.76. The lowest BCUT2D eigenvalue weighted by atomic mass is 10.1. The molecule has 0 spiro atoms. The molecule has 146 valence electrons. The van der Waals surface area contributed by atoms with Crippen LogP contribution < -0.4 is 20.6 Å². The Bertz CT molecular complexity index is 1010. The summed E-state index contributed by atoms with van der Waals surface area (Å²) in [5.41, 5.74) is 10.7. The summed E-state index contributed by atoms with van der Waals surface area (Å²) in [7, 11) is 1.58. The Morgan fingerprint density at radius 3 is 2.86 bits per heavy atom. The Morgan fingerprint density at radius 1 is 1.29 bits per heavy atom. The quantitative estimate of drug-likeness (QED) is 0.470. The summed E-state index contributed by atoms with van der Waals surface area (Å²) in [4.78, 5) is 16.3. The third-order valence-corrected chi connectivity index (χ3v) is 4.63. The normalized spacial score (nSPS) is 11.3. The standard InChI is InChI=1S/C20H22N4O3S/c1-12(2)27-16-7-5-14(8-17(16)26-3)11-22-24-19(25)10-13-4-6-15-18(9-13)28-20(21)23-15/h4-9,11-12H,10H2,1-3H3,(H2,21,23)(H,24,25)/b22-11-. The summed E-state index contributed by atoms with van der Waals surface area (Å²) in [6.07, 6.45) is 1.83. The number of rotatable bonds is 7. The number of nitrogens with two attached hydrogens (primary N) is 1. The molecule has 1 amide bonds. The summed E-state index contributed by atoms with van der Waals surface area (Å²) in [5, 5.41) is 4.53. The van der Waals surface area contributed by atoms with Crippen molar-refractivity contribution in [1.29, 1.82) is 0 Å². The molecule has 0 aliphatic carbocycles. The van der Waals surface area contributed by atoms with Crippen LogP contribution in [0.1, 0.15) is 25.0 Å². The van der Waals surface area contributed by atoms with Crippen LogP contribution in [-0.4, -0.2) is 30.3 Å². The number of anilines is 1. The van der Waals surface area contributed by atoms with Crippen molar-refractivity contribution in [2.45, 2.75) is 26.4 Å². The molecule has 8 heteroatoms. The van der Waals surface area contributed by atoms with Crippen LogP contribution in [0.5, 0.6) is 11.5 Å². The SMILES string of the molecule is COc1cc(/C=N\NC(=O)Cc2ccc3nc(N)sc3c2)ccc1OC(C)C. The number of ether oxygens (including phenoxy) is 2. The van der Waals surface area contributed by atoms with Gasteiger partial charge in [0.1, 0.15) is 0 Å². The Hall–Kier alpha value is -3.13. The van der Waals surface area contributed by atoms with Crippen molar-refractivity contribution in [2.24, 2.45) is 5.10 Å². The molecule has 3 N–H and O–H groups in total. The van der Waals surface area contributed by atoms with Crippen LogP contribution in [0.2, 0.25) is 0 Å². The maximum atomic E-state index is 12.1. The van der Waals surface area contributed by atoms with Crippen molar-refractivity contribution in [3.8, 4) is 11.5 Å². The number of hydrogen-bond acceptors (Lipinski definition) is 7. The van der Waals surface area contributed by atoms with Gasteiger partial charge in [0.2, 0.25) is 5.91 Å². The Kier molecular flexibility index (Phi) is 6.10. The highest BCUT2D eigenvalue weighted by molar-refractivity contribution is 7.22. The molecular weight excluding hydrogens is 376 g/mol. The zero-order valence-electron chi connectivity index (χ0n) is 15.9. The van der Waals surface area contributed by atoms with Crippen LogP contribution in [-0.2, 0) is 11.2 Å². The van der Waals surface area contributed by atoms with Crippen LogP contribution in [0, 0.1) is 0 Å². The molecule has 1 heterocycles. The number of benzene rings is 2. The number of thiazole rings is 1. The zero-order valence-corrected chi connectivity index (χ0v) is 16.7. The van der Waals surface area contributed by atoms with E-state index < -0.39 is 0 Å². The number of amides is 1. The summed E-state index contributed by atoms with van der Waals surface area (Å²) in [5.74, 6) is 1.07. The molecular formula is C20H22N4O3S. The van der Waals surface area contributed by atoms with Crippen molar-refractivity contribution >= 4 is 38.8 Å². The van der Waals surface area contributed by atoms with Gasteiger partial charge in [0.15, 0.2) is 16.6 Å². The lowest BCUT2D eigenvalue weighted by molar-refractivity contribution is -0.120. The second-order valence-corrected chi connectivity index (χ2v) is 7.46.